The molecule has 0 bridgehead atoms. The SMILES string of the molecule is Cc1cccc2cc(CNS(=O)(=O)c3ccc(C(C)C)cc3)c(=O)[nH]c12. The van der Waals surface area contributed by atoms with Crippen LogP contribution in [0.4, 0.5) is 0 Å². The van der Waals surface area contributed by atoms with Gasteiger partial charge < -0.3 is 4.98 Å². The third-order valence-corrected chi connectivity index (χ3v) is 5.89. The first kappa shape index (κ1) is 18.4. The molecule has 5 nitrogen and oxygen atoms in total. The summed E-state index contributed by atoms with van der Waals surface area (Å²) in [6.07, 6.45) is 0. The Balaban J connectivity index is 1.84. The lowest BCUT2D eigenvalue weighted by Gasteiger charge is -2.10. The molecule has 0 spiro atoms. The van der Waals surface area contributed by atoms with Crippen molar-refractivity contribution in [2.45, 2.75) is 38.1 Å². The molecule has 0 aliphatic rings. The Morgan fingerprint density at radius 2 is 1.77 bits per heavy atom. The molecule has 3 rings (SSSR count). The highest BCUT2D eigenvalue weighted by Crippen LogP contribution is 2.18. The Labute approximate surface area is 153 Å². The highest BCUT2D eigenvalue weighted by Gasteiger charge is 2.15. The van der Waals surface area contributed by atoms with Crippen LogP contribution in [0.2, 0.25) is 0 Å². The van der Waals surface area contributed by atoms with E-state index in [0.29, 0.717) is 11.5 Å². The number of fused-ring (bicyclic) bond motifs is 1. The van der Waals surface area contributed by atoms with Crippen molar-refractivity contribution in [1.29, 1.82) is 0 Å². The standard InChI is InChI=1S/C20H22N2O3S/c1-13(2)15-7-9-18(10-8-15)26(24,25)21-12-17-11-16-6-4-5-14(3)19(16)22-20(17)23/h4-11,13,21H,12H2,1-3H3,(H,22,23). The lowest BCUT2D eigenvalue weighted by Crippen LogP contribution is -2.27. The maximum Gasteiger partial charge on any atom is 0.252 e. The molecule has 2 N–H and O–H groups in total. The van der Waals surface area contributed by atoms with Gasteiger partial charge in [0.25, 0.3) is 5.56 Å². The van der Waals surface area contributed by atoms with Crippen molar-refractivity contribution >= 4 is 20.9 Å². The van der Waals surface area contributed by atoms with E-state index in [2.05, 4.69) is 23.6 Å². The van der Waals surface area contributed by atoms with Crippen LogP contribution in [0.5, 0.6) is 0 Å². The number of aryl methyl sites for hydroxylation is 1. The van der Waals surface area contributed by atoms with E-state index in [1.54, 1.807) is 18.2 Å². The fraction of sp³-hybridized carbons (Fsp3) is 0.250. The summed E-state index contributed by atoms with van der Waals surface area (Å²) in [5, 5.41) is 0.875. The Hall–Kier alpha value is -2.44. The van der Waals surface area contributed by atoms with Crippen molar-refractivity contribution in [1.82, 2.24) is 9.71 Å². The molecule has 0 aliphatic heterocycles. The predicted molar refractivity (Wildman–Crippen MR) is 104 cm³/mol. The fourth-order valence-corrected chi connectivity index (χ4v) is 3.85. The molecular weight excluding hydrogens is 348 g/mol. The molecule has 3 aromatic rings. The second kappa shape index (κ2) is 7.05. The van der Waals surface area contributed by atoms with E-state index in [4.69, 9.17) is 0 Å². The summed E-state index contributed by atoms with van der Waals surface area (Å²) < 4.78 is 27.5. The van der Waals surface area contributed by atoms with Gasteiger partial charge in [-0.05, 0) is 47.6 Å². The van der Waals surface area contributed by atoms with Crippen LogP contribution in [-0.2, 0) is 16.6 Å². The molecule has 136 valence electrons. The number of rotatable bonds is 5. The highest BCUT2D eigenvalue weighted by molar-refractivity contribution is 7.89. The first-order chi connectivity index (χ1) is 12.3. The molecule has 0 fully saturated rings. The number of para-hydroxylation sites is 1. The molecule has 6 heteroatoms. The van der Waals surface area contributed by atoms with E-state index in [9.17, 15) is 13.2 Å². The number of aromatic amines is 1. The molecule has 0 atom stereocenters. The van der Waals surface area contributed by atoms with E-state index < -0.39 is 10.0 Å². The van der Waals surface area contributed by atoms with Gasteiger partial charge in [-0.3, -0.25) is 4.79 Å². The largest absolute Gasteiger partial charge is 0.321 e. The van der Waals surface area contributed by atoms with Gasteiger partial charge in [-0.1, -0.05) is 44.2 Å². The zero-order chi connectivity index (χ0) is 18.9. The van der Waals surface area contributed by atoms with E-state index in [-0.39, 0.29) is 17.0 Å². The quantitative estimate of drug-likeness (QED) is 0.722. The van der Waals surface area contributed by atoms with Crippen molar-refractivity contribution < 1.29 is 8.42 Å². The summed E-state index contributed by atoms with van der Waals surface area (Å²) in [4.78, 5) is 15.3. The Kier molecular flexibility index (Phi) is 4.98. The smallest absolute Gasteiger partial charge is 0.252 e. The maximum atomic E-state index is 12.5. The van der Waals surface area contributed by atoms with E-state index >= 15 is 0 Å². The van der Waals surface area contributed by atoms with Crippen molar-refractivity contribution in [3.8, 4) is 0 Å². The summed E-state index contributed by atoms with van der Waals surface area (Å²) in [6, 6.07) is 14.2. The molecule has 1 aromatic heterocycles. The number of H-pyrrole nitrogens is 1. The first-order valence-electron chi connectivity index (χ1n) is 8.49. The third kappa shape index (κ3) is 3.71. The van der Waals surface area contributed by atoms with E-state index in [0.717, 1.165) is 22.0 Å². The lowest BCUT2D eigenvalue weighted by atomic mass is 10.0. The second-order valence-corrected chi connectivity index (χ2v) is 8.48. The molecule has 2 aromatic carbocycles. The maximum absolute atomic E-state index is 12.5. The molecule has 0 unspecified atom stereocenters. The Morgan fingerprint density at radius 3 is 2.42 bits per heavy atom. The zero-order valence-corrected chi connectivity index (χ0v) is 15.9. The summed E-state index contributed by atoms with van der Waals surface area (Å²) in [7, 11) is -3.68. The van der Waals surface area contributed by atoms with Crippen LogP contribution in [0.1, 0.15) is 36.5 Å². The number of pyridine rings is 1. The van der Waals surface area contributed by atoms with Gasteiger partial charge >= 0.3 is 0 Å². The van der Waals surface area contributed by atoms with Gasteiger partial charge in [0.05, 0.1) is 10.4 Å². The van der Waals surface area contributed by atoms with E-state index in [1.165, 1.54) is 0 Å². The molecule has 0 aliphatic carbocycles. The minimum Gasteiger partial charge on any atom is -0.321 e. The van der Waals surface area contributed by atoms with Crippen LogP contribution in [0.15, 0.2) is 58.2 Å². The molecule has 0 amide bonds. The van der Waals surface area contributed by atoms with Gasteiger partial charge in [-0.15, -0.1) is 0 Å². The van der Waals surface area contributed by atoms with Crippen molar-refractivity contribution in [3.05, 3.63) is 75.6 Å². The normalized spacial score (nSPS) is 12.0. The average molecular weight is 370 g/mol. The fourth-order valence-electron chi connectivity index (χ4n) is 2.85. The van der Waals surface area contributed by atoms with Gasteiger partial charge in [0.15, 0.2) is 0 Å². The van der Waals surface area contributed by atoms with Crippen LogP contribution in [0, 0.1) is 6.92 Å². The molecule has 0 radical (unpaired) electrons. The van der Waals surface area contributed by atoms with Crippen LogP contribution >= 0.6 is 0 Å². The molecule has 0 saturated heterocycles. The minimum absolute atomic E-state index is 0.0620. The van der Waals surface area contributed by atoms with Crippen molar-refractivity contribution in [2.75, 3.05) is 0 Å². The lowest BCUT2D eigenvalue weighted by molar-refractivity contribution is 0.581. The Bertz CT molecular complexity index is 1100. The van der Waals surface area contributed by atoms with E-state index in [1.807, 2.05) is 37.3 Å². The van der Waals surface area contributed by atoms with Crippen molar-refractivity contribution in [2.24, 2.45) is 0 Å². The third-order valence-electron chi connectivity index (χ3n) is 4.47. The van der Waals surface area contributed by atoms with Gasteiger partial charge in [-0.25, -0.2) is 13.1 Å². The van der Waals surface area contributed by atoms with Crippen LogP contribution < -0.4 is 10.3 Å². The van der Waals surface area contributed by atoms with Crippen LogP contribution in [-0.4, -0.2) is 13.4 Å². The summed E-state index contributed by atoms with van der Waals surface area (Å²) >= 11 is 0. The topological polar surface area (TPSA) is 79.0 Å². The summed E-state index contributed by atoms with van der Waals surface area (Å²) in [5.41, 5.74) is 2.91. The molecule has 0 saturated carbocycles. The predicted octanol–water partition coefficient (Wildman–Crippen LogP) is 3.44. The highest BCUT2D eigenvalue weighted by atomic mass is 32.2. The summed E-state index contributed by atoms with van der Waals surface area (Å²) in [6.45, 7) is 5.96. The van der Waals surface area contributed by atoms with Gasteiger partial charge in [0.1, 0.15) is 0 Å². The number of aromatic nitrogens is 1. The molecule has 1 heterocycles. The number of nitrogens with one attached hydrogen (secondary N) is 2. The Morgan fingerprint density at radius 1 is 1.08 bits per heavy atom. The van der Waals surface area contributed by atoms with Gasteiger partial charge in [0, 0.05) is 12.1 Å². The van der Waals surface area contributed by atoms with Crippen LogP contribution in [0.3, 0.4) is 0 Å². The van der Waals surface area contributed by atoms with Gasteiger partial charge in [0.2, 0.25) is 10.0 Å². The molecular formula is C20H22N2O3S. The summed E-state index contributed by atoms with van der Waals surface area (Å²) in [5.74, 6) is 0.333. The van der Waals surface area contributed by atoms with Gasteiger partial charge in [-0.2, -0.15) is 0 Å². The van der Waals surface area contributed by atoms with Crippen LogP contribution in [0.25, 0.3) is 10.9 Å². The van der Waals surface area contributed by atoms with Crippen molar-refractivity contribution in [3.63, 3.8) is 0 Å². The number of hydrogen-bond acceptors (Lipinski definition) is 3. The minimum atomic E-state index is -3.68. The zero-order valence-electron chi connectivity index (χ0n) is 15.0. The molecule has 26 heavy (non-hydrogen) atoms. The second-order valence-electron chi connectivity index (χ2n) is 6.71. The number of benzene rings is 2. The monoisotopic (exact) mass is 370 g/mol. The first-order valence-corrected chi connectivity index (χ1v) is 9.97. The average Bonchev–Trinajstić information content (AvgIpc) is 2.61. The number of hydrogen-bond donors (Lipinski definition) is 2. The number of sulfonamides is 1.